The van der Waals surface area contributed by atoms with Crippen molar-refractivity contribution < 1.29 is 0 Å². The molecule has 2 nitrogen and oxygen atoms in total. The molecule has 0 aliphatic carbocycles. The summed E-state index contributed by atoms with van der Waals surface area (Å²) in [7, 11) is 2.24. The topological polar surface area (TPSA) is 15.3 Å². The molecule has 0 aromatic heterocycles. The van der Waals surface area contributed by atoms with Gasteiger partial charge >= 0.3 is 0 Å². The summed E-state index contributed by atoms with van der Waals surface area (Å²) in [4.78, 5) is 2.48. The van der Waals surface area contributed by atoms with E-state index < -0.39 is 0 Å². The lowest BCUT2D eigenvalue weighted by Gasteiger charge is -2.35. The highest BCUT2D eigenvalue weighted by Crippen LogP contribution is 2.16. The van der Waals surface area contributed by atoms with Gasteiger partial charge < -0.3 is 10.2 Å². The van der Waals surface area contributed by atoms with Crippen LogP contribution in [0.25, 0.3) is 0 Å². The Morgan fingerprint density at radius 1 is 1.12 bits per heavy atom. The third kappa shape index (κ3) is 2.88. The van der Waals surface area contributed by atoms with Crippen molar-refractivity contribution in [2.75, 3.05) is 26.7 Å². The highest BCUT2D eigenvalue weighted by molar-refractivity contribution is 5.36. The van der Waals surface area contributed by atoms with Crippen molar-refractivity contribution in [1.82, 2.24) is 10.2 Å². The van der Waals surface area contributed by atoms with Crippen LogP contribution >= 0.6 is 0 Å². The van der Waals surface area contributed by atoms with E-state index in [2.05, 4.69) is 50.2 Å². The van der Waals surface area contributed by atoms with Crippen LogP contribution in [-0.2, 0) is 6.42 Å². The van der Waals surface area contributed by atoms with Gasteiger partial charge in [-0.05, 0) is 56.5 Å². The first kappa shape index (κ1) is 12.6. The van der Waals surface area contributed by atoms with Gasteiger partial charge in [0.05, 0.1) is 0 Å². The smallest absolute Gasteiger partial charge is 0.0342 e. The largest absolute Gasteiger partial charge is 0.314 e. The maximum absolute atomic E-state index is 3.33. The van der Waals surface area contributed by atoms with Crippen LogP contribution in [0.3, 0.4) is 0 Å². The molecule has 1 fully saturated rings. The summed E-state index contributed by atoms with van der Waals surface area (Å²) >= 11 is 0. The maximum Gasteiger partial charge on any atom is 0.0342 e. The Balaban J connectivity index is 1.96. The lowest BCUT2D eigenvalue weighted by atomic mass is 9.98. The molecular formula is C15H24N2. The molecule has 17 heavy (non-hydrogen) atoms. The molecule has 1 saturated heterocycles. The van der Waals surface area contributed by atoms with Crippen LogP contribution in [0.4, 0.5) is 0 Å². The van der Waals surface area contributed by atoms with E-state index in [1.807, 2.05) is 0 Å². The summed E-state index contributed by atoms with van der Waals surface area (Å²) in [6.07, 6.45) is 1.17. The Labute approximate surface area is 105 Å². The molecule has 1 aromatic rings. The van der Waals surface area contributed by atoms with E-state index >= 15 is 0 Å². The van der Waals surface area contributed by atoms with E-state index in [1.54, 1.807) is 0 Å². The minimum absolute atomic E-state index is 0.752. The van der Waals surface area contributed by atoms with Gasteiger partial charge in [-0.2, -0.15) is 0 Å². The highest BCUT2D eigenvalue weighted by atomic mass is 15.2. The van der Waals surface area contributed by atoms with E-state index in [1.165, 1.54) is 28.7 Å². The van der Waals surface area contributed by atoms with E-state index in [9.17, 15) is 0 Å². The van der Waals surface area contributed by atoms with Gasteiger partial charge in [0.15, 0.2) is 0 Å². The second-order valence-corrected chi connectivity index (χ2v) is 5.41. The standard InChI is InChI=1S/C15H24N2/c1-11-7-13(3)14(8-12(11)2)5-6-17(4)15-9-16-10-15/h7-8,15-16H,5-6,9-10H2,1-4H3. The van der Waals surface area contributed by atoms with Crippen LogP contribution in [0.5, 0.6) is 0 Å². The van der Waals surface area contributed by atoms with Crippen molar-refractivity contribution in [2.24, 2.45) is 0 Å². The highest BCUT2D eigenvalue weighted by Gasteiger charge is 2.20. The van der Waals surface area contributed by atoms with E-state index in [-0.39, 0.29) is 0 Å². The summed E-state index contributed by atoms with van der Waals surface area (Å²) in [5.41, 5.74) is 5.77. The number of aryl methyl sites for hydroxylation is 3. The minimum atomic E-state index is 0.752. The molecule has 1 aliphatic heterocycles. The molecular weight excluding hydrogens is 208 g/mol. The Kier molecular flexibility index (Phi) is 3.85. The Morgan fingerprint density at radius 2 is 1.76 bits per heavy atom. The molecule has 94 valence electrons. The number of likely N-dealkylation sites (N-methyl/N-ethyl adjacent to an activating group) is 1. The van der Waals surface area contributed by atoms with Crippen LogP contribution < -0.4 is 5.32 Å². The number of hydrogen-bond acceptors (Lipinski definition) is 2. The molecule has 1 aromatic carbocycles. The van der Waals surface area contributed by atoms with Gasteiger partial charge in [0.1, 0.15) is 0 Å². The van der Waals surface area contributed by atoms with Gasteiger partial charge in [-0.3, -0.25) is 0 Å². The quantitative estimate of drug-likeness (QED) is 0.855. The van der Waals surface area contributed by atoms with Crippen LogP contribution in [0, 0.1) is 20.8 Å². The number of nitrogens with one attached hydrogen (secondary N) is 1. The lowest BCUT2D eigenvalue weighted by molar-refractivity contribution is 0.182. The third-order valence-corrected chi connectivity index (χ3v) is 4.07. The van der Waals surface area contributed by atoms with Crippen LogP contribution in [0.1, 0.15) is 22.3 Å². The molecule has 1 aliphatic rings. The SMILES string of the molecule is Cc1cc(C)c(CCN(C)C2CNC2)cc1C. The van der Waals surface area contributed by atoms with Crippen molar-refractivity contribution in [1.29, 1.82) is 0 Å². The summed E-state index contributed by atoms with van der Waals surface area (Å²) in [5.74, 6) is 0. The van der Waals surface area contributed by atoms with Crippen molar-refractivity contribution in [3.05, 3.63) is 34.4 Å². The van der Waals surface area contributed by atoms with E-state index in [0.717, 1.165) is 25.7 Å². The molecule has 1 heterocycles. The van der Waals surface area contributed by atoms with Crippen molar-refractivity contribution in [2.45, 2.75) is 33.2 Å². The summed E-state index contributed by atoms with van der Waals surface area (Å²) in [6.45, 7) is 10.1. The molecule has 0 amide bonds. The number of hydrogen-bond donors (Lipinski definition) is 1. The molecule has 0 unspecified atom stereocenters. The molecule has 1 N–H and O–H groups in total. The molecule has 0 spiro atoms. The van der Waals surface area contributed by atoms with Gasteiger partial charge in [0, 0.05) is 25.7 Å². The summed E-state index contributed by atoms with van der Waals surface area (Å²) < 4.78 is 0. The van der Waals surface area contributed by atoms with Crippen LogP contribution in [0.15, 0.2) is 12.1 Å². The van der Waals surface area contributed by atoms with Gasteiger partial charge in [-0.25, -0.2) is 0 Å². The van der Waals surface area contributed by atoms with Crippen molar-refractivity contribution >= 4 is 0 Å². The van der Waals surface area contributed by atoms with Gasteiger partial charge in [0.2, 0.25) is 0 Å². The maximum atomic E-state index is 3.33. The normalized spacial score (nSPS) is 16.3. The monoisotopic (exact) mass is 232 g/mol. The predicted octanol–water partition coefficient (Wildman–Crippen LogP) is 2.06. The van der Waals surface area contributed by atoms with Gasteiger partial charge in [-0.15, -0.1) is 0 Å². The number of nitrogens with zero attached hydrogens (tertiary/aromatic N) is 1. The molecule has 0 bridgehead atoms. The van der Waals surface area contributed by atoms with Gasteiger partial charge in [0.25, 0.3) is 0 Å². The minimum Gasteiger partial charge on any atom is -0.314 e. The Morgan fingerprint density at radius 3 is 2.35 bits per heavy atom. The first-order valence-electron chi connectivity index (χ1n) is 6.55. The molecule has 0 atom stereocenters. The van der Waals surface area contributed by atoms with Crippen molar-refractivity contribution in [3.8, 4) is 0 Å². The van der Waals surface area contributed by atoms with Gasteiger partial charge in [-0.1, -0.05) is 12.1 Å². The first-order valence-corrected chi connectivity index (χ1v) is 6.55. The third-order valence-electron chi connectivity index (χ3n) is 4.07. The number of benzene rings is 1. The second kappa shape index (κ2) is 5.19. The predicted molar refractivity (Wildman–Crippen MR) is 73.6 cm³/mol. The fraction of sp³-hybridized carbons (Fsp3) is 0.600. The van der Waals surface area contributed by atoms with Crippen LogP contribution in [0.2, 0.25) is 0 Å². The van der Waals surface area contributed by atoms with Crippen molar-refractivity contribution in [3.63, 3.8) is 0 Å². The van der Waals surface area contributed by atoms with E-state index in [0.29, 0.717) is 0 Å². The summed E-state index contributed by atoms with van der Waals surface area (Å²) in [6, 6.07) is 5.43. The fourth-order valence-corrected chi connectivity index (χ4v) is 2.35. The van der Waals surface area contributed by atoms with Crippen LogP contribution in [-0.4, -0.2) is 37.6 Å². The zero-order chi connectivity index (χ0) is 12.4. The molecule has 0 saturated carbocycles. The van der Waals surface area contributed by atoms with E-state index in [4.69, 9.17) is 0 Å². The molecule has 2 rings (SSSR count). The average molecular weight is 232 g/mol. The zero-order valence-corrected chi connectivity index (χ0v) is 11.5. The average Bonchev–Trinajstić information content (AvgIpc) is 2.19. The lowest BCUT2D eigenvalue weighted by Crippen LogP contribution is -2.56. The summed E-state index contributed by atoms with van der Waals surface area (Å²) in [5, 5.41) is 3.33. The number of rotatable bonds is 4. The molecule has 0 radical (unpaired) electrons. The molecule has 2 heteroatoms. The Hall–Kier alpha value is -0.860. The second-order valence-electron chi connectivity index (χ2n) is 5.41. The zero-order valence-electron chi connectivity index (χ0n) is 11.5. The first-order chi connectivity index (χ1) is 8.08. The Bertz CT molecular complexity index is 394. The fourth-order valence-electron chi connectivity index (χ4n) is 2.35.